The van der Waals surface area contributed by atoms with Crippen LogP contribution in [-0.2, 0) is 11.2 Å². The van der Waals surface area contributed by atoms with Gasteiger partial charge in [-0.25, -0.2) is 9.38 Å². The second-order valence-electron chi connectivity index (χ2n) is 33.9. The SMILES string of the molecule is CC(C)(C)C(=O)Cc1ccc2[nH]c(O)c(-c3[nH]c4ccccc4c3N=O)c2c1.Nc1ccc2[nH]c(O)c(C3=Nc4ccccc4C3=O)c2c1.O=Nc1c(-c2c(O)[nH]c3ccc(Cl)cc23)[nH]c2ccccc12.O=Nc1c(-c2c(O)[nH]c3ccc(F)cc23)[nH]c2ccccc12.O=Nc1c(-c2c(O)[nH]c3ccc([N+](=O)[O-])cc23)[nH]c2ccc(Br)cc12.O=Nc1c(-c2c(O)[nH]c3ccc([N+](=O)[O-])cc23)[nH]c2ccccc12. The summed E-state index contributed by atoms with van der Waals surface area (Å²) in [5, 5.41) is 107. The van der Waals surface area contributed by atoms with Gasteiger partial charge in [0.05, 0.1) is 77.4 Å². The Morgan fingerprint density at radius 1 is 0.380 bits per heavy atom. The van der Waals surface area contributed by atoms with Gasteiger partial charge < -0.3 is 91.2 Å². The first-order chi connectivity index (χ1) is 68.4. The first-order valence-corrected chi connectivity index (χ1v) is 44.2. The first kappa shape index (κ1) is 91.8. The van der Waals surface area contributed by atoms with Gasteiger partial charge in [-0.15, -0.1) is 24.5 Å². The Morgan fingerprint density at radius 2 is 0.697 bits per heavy atom. The number of nitrogens with one attached hydrogen (secondary N) is 11. The first-order valence-electron chi connectivity index (χ1n) is 43.0. The zero-order valence-corrected chi connectivity index (χ0v) is 76.2. The minimum atomic E-state index is -0.519. The third-order valence-electron chi connectivity index (χ3n) is 24.3. The summed E-state index contributed by atoms with van der Waals surface area (Å²) in [5.41, 5.74) is 20.5. The number of fused-ring (bicyclic) bond motifs is 12. The van der Waals surface area contributed by atoms with E-state index in [0.717, 1.165) is 48.4 Å². The second-order valence-corrected chi connectivity index (χ2v) is 35.2. The van der Waals surface area contributed by atoms with Gasteiger partial charge in [0.25, 0.3) is 11.4 Å². The molecule has 24 rings (SSSR count). The Morgan fingerprint density at radius 3 is 1.10 bits per heavy atom. The molecule has 40 heteroatoms. The van der Waals surface area contributed by atoms with Crippen LogP contribution in [0.3, 0.4) is 0 Å². The van der Waals surface area contributed by atoms with Gasteiger partial charge in [0.2, 0.25) is 5.78 Å². The normalized spacial score (nSPS) is 11.7. The topological polar surface area (TPSA) is 601 Å². The average Bonchev–Trinajstić information content (AvgIpc) is 1.63. The summed E-state index contributed by atoms with van der Waals surface area (Å²) in [5.74, 6) is -1.18. The smallest absolute Gasteiger partial charge is 0.270 e. The summed E-state index contributed by atoms with van der Waals surface area (Å²) in [6, 6.07) is 70.0. The van der Waals surface area contributed by atoms with Crippen LogP contribution in [0.1, 0.15) is 42.3 Å². The van der Waals surface area contributed by atoms with Gasteiger partial charge in [0.1, 0.15) is 45.7 Å². The highest BCUT2D eigenvalue weighted by Crippen LogP contribution is 2.52. The number of rotatable bonds is 15. The van der Waals surface area contributed by atoms with E-state index in [9.17, 15) is 89.4 Å². The number of aromatic hydroxyl groups is 6. The molecule has 142 heavy (non-hydrogen) atoms. The molecule has 0 bridgehead atoms. The van der Waals surface area contributed by atoms with Crippen LogP contribution in [0.4, 0.5) is 55.6 Å². The highest BCUT2D eigenvalue weighted by molar-refractivity contribution is 9.10. The molecule has 19 N–H and O–H groups in total. The maximum atomic E-state index is 13.5. The number of anilines is 1. The van der Waals surface area contributed by atoms with Gasteiger partial charge in [-0.3, -0.25) is 29.8 Å². The van der Waals surface area contributed by atoms with E-state index in [1.54, 1.807) is 115 Å². The quantitative estimate of drug-likeness (QED) is 0.0196. The number of nitro groups is 2. The summed E-state index contributed by atoms with van der Waals surface area (Å²) in [4.78, 5) is 140. The Labute approximate surface area is 806 Å². The molecule has 0 radical (unpaired) electrons. The van der Waals surface area contributed by atoms with Crippen LogP contribution >= 0.6 is 27.5 Å². The molecule has 12 aromatic carbocycles. The van der Waals surface area contributed by atoms with Crippen LogP contribution < -0.4 is 5.73 Å². The molecular formula is C102H71BrClFN20O17. The molecule has 0 unspecified atom stereocenters. The maximum absolute atomic E-state index is 13.5. The summed E-state index contributed by atoms with van der Waals surface area (Å²) in [6.45, 7) is 5.69. The number of non-ortho nitro benzene ring substituents is 2. The Bertz CT molecular complexity index is 9090. The lowest BCUT2D eigenvalue weighted by atomic mass is 9.87. The molecule has 0 spiro atoms. The summed E-state index contributed by atoms with van der Waals surface area (Å²) >= 11 is 9.39. The third kappa shape index (κ3) is 16.6. The number of Topliss-reactive ketones (excluding diaryl/α,β-unsaturated/α-hetero) is 2. The Kier molecular flexibility index (Phi) is 23.7. The molecule has 11 aromatic heterocycles. The maximum Gasteiger partial charge on any atom is 0.270 e. The van der Waals surface area contributed by atoms with Gasteiger partial charge in [0, 0.05) is 177 Å². The highest BCUT2D eigenvalue weighted by Gasteiger charge is 2.33. The Hall–Kier alpha value is -19.3. The number of nitroso groups, excluding NO2 is 5. The van der Waals surface area contributed by atoms with Crippen LogP contribution in [0.15, 0.2) is 284 Å². The standard InChI is InChI=1S/C22H21N3O3.C16H9BrN4O4.C16H10ClN3O2.C16H10FN3O2.C16H10N4O4.C16H11N3O2/c1-22(2,3)17(26)11-12-8-9-16-14(10-12)18(21(27)24-16)20-19(25-28)13-6-4-5-7-15(13)23-20;17-7-1-3-12-10(5-7)14(20-23)15(18-12)13-9-6-8(21(24)25)2-4-11(9)19-16(13)22;2*17-8-5-6-12-10(7-8)13(16(21)19-12)15-14(20-22)9-3-1-2-4-11(9)18-15;21-16-13(10-7-8(20(23)24)5-6-12(10)18-16)15-14(19-22)9-3-1-2-4-11(9)17-15;17-8-5-6-12-10(7-8)13(16(21)19-12)14-15(20)9-3-1-2-4-11(9)18-14/h4-10,23-24,27H,11H2,1-3H3;1-6,18-19,22H;2*1-7,18-19,21H;1-7,17-18,21H;1-7,19,21H,17H2. The van der Waals surface area contributed by atoms with Crippen molar-refractivity contribution in [3.8, 4) is 91.6 Å². The molecular weight excluding hydrogens is 1910 g/mol. The number of nitro benzene ring substituents is 2. The third-order valence-corrected chi connectivity index (χ3v) is 25.0. The number of benzene rings is 12. The van der Waals surface area contributed by atoms with Gasteiger partial charge in [-0.05, 0) is 165 Å². The van der Waals surface area contributed by atoms with Crippen LogP contribution in [0, 0.1) is 56.0 Å². The van der Waals surface area contributed by atoms with E-state index in [1.807, 2.05) is 99.6 Å². The van der Waals surface area contributed by atoms with Crippen LogP contribution in [0.2, 0.25) is 5.02 Å². The molecule has 23 aromatic rings. The van der Waals surface area contributed by atoms with Gasteiger partial charge in [0.15, 0.2) is 35.3 Å². The van der Waals surface area contributed by atoms with Crippen LogP contribution in [-0.4, -0.2) is 113 Å². The molecule has 1 aliphatic rings. The van der Waals surface area contributed by atoms with Crippen molar-refractivity contribution < 1.29 is 54.5 Å². The van der Waals surface area contributed by atoms with Crippen molar-refractivity contribution in [2.45, 2.75) is 27.2 Å². The lowest BCUT2D eigenvalue weighted by Crippen LogP contribution is -2.22. The summed E-state index contributed by atoms with van der Waals surface area (Å²) < 4.78 is 14.3. The number of H-pyrrole nitrogens is 11. The number of hydrogen-bond acceptors (Lipinski definition) is 24. The van der Waals surface area contributed by atoms with Crippen molar-refractivity contribution in [3.05, 3.63) is 325 Å². The van der Waals surface area contributed by atoms with E-state index in [0.29, 0.717) is 161 Å². The van der Waals surface area contributed by atoms with E-state index < -0.39 is 21.1 Å². The Balaban J connectivity index is 0.000000108. The van der Waals surface area contributed by atoms with Crippen molar-refractivity contribution in [2.24, 2.45) is 36.3 Å². The van der Waals surface area contributed by atoms with E-state index in [1.165, 1.54) is 54.6 Å². The van der Waals surface area contributed by atoms with Crippen molar-refractivity contribution in [1.29, 1.82) is 0 Å². The average molecular weight is 1980 g/mol. The fourth-order valence-electron chi connectivity index (χ4n) is 17.6. The molecule has 0 saturated carbocycles. The van der Waals surface area contributed by atoms with E-state index in [4.69, 9.17) is 17.3 Å². The number of ketones is 2. The minimum Gasteiger partial charge on any atom is -0.494 e. The van der Waals surface area contributed by atoms with Crippen LogP contribution in [0.25, 0.3) is 176 Å². The summed E-state index contributed by atoms with van der Waals surface area (Å²) in [7, 11) is 0. The number of nitrogens with two attached hydrogens (primary N) is 1. The van der Waals surface area contributed by atoms with Crippen molar-refractivity contribution >= 4 is 216 Å². The summed E-state index contributed by atoms with van der Waals surface area (Å²) in [6.07, 6.45) is 0.302. The zero-order chi connectivity index (χ0) is 99.7. The van der Waals surface area contributed by atoms with Crippen molar-refractivity contribution in [1.82, 2.24) is 54.8 Å². The predicted octanol–water partition coefficient (Wildman–Crippen LogP) is 27.4. The van der Waals surface area contributed by atoms with Gasteiger partial charge in [-0.1, -0.05) is 139 Å². The van der Waals surface area contributed by atoms with E-state index in [2.05, 4.69) is 102 Å². The van der Waals surface area contributed by atoms with Crippen molar-refractivity contribution in [2.75, 3.05) is 5.73 Å². The number of aromatic nitrogens is 11. The second kappa shape index (κ2) is 36.7. The zero-order valence-electron chi connectivity index (χ0n) is 73.8. The predicted molar refractivity (Wildman–Crippen MR) is 549 cm³/mol. The van der Waals surface area contributed by atoms with Gasteiger partial charge in [-0.2, -0.15) is 0 Å². The number of para-hydroxylation sites is 5. The van der Waals surface area contributed by atoms with E-state index >= 15 is 0 Å². The molecule has 37 nitrogen and oxygen atoms in total. The lowest BCUT2D eigenvalue weighted by molar-refractivity contribution is -0.384. The van der Waals surface area contributed by atoms with E-state index in [-0.39, 0.29) is 103 Å². The fraction of sp³-hybridized carbons (Fsp3) is 0.0490. The molecule has 0 atom stereocenters. The van der Waals surface area contributed by atoms with Gasteiger partial charge >= 0.3 is 0 Å². The molecule has 0 amide bonds. The molecule has 0 fully saturated rings. The number of aliphatic imine (C=N–C) groups is 1. The molecule has 12 heterocycles. The number of aromatic amines is 11. The number of hydrogen-bond donors (Lipinski definition) is 18. The molecule has 702 valence electrons. The number of nitrogen functional groups attached to an aromatic ring is 1. The largest absolute Gasteiger partial charge is 0.494 e. The molecule has 0 aliphatic carbocycles. The highest BCUT2D eigenvalue weighted by atomic mass is 79.9. The number of carbonyl (C=O) groups is 2. The molecule has 0 saturated heterocycles. The molecule has 1 aliphatic heterocycles. The van der Waals surface area contributed by atoms with Crippen LogP contribution in [0.5, 0.6) is 35.3 Å². The van der Waals surface area contributed by atoms with Crippen molar-refractivity contribution in [3.63, 3.8) is 0 Å². The fourth-order valence-corrected chi connectivity index (χ4v) is 18.1. The minimum absolute atomic E-state index is 0.0336. The number of halogens is 3. The number of carbonyl (C=O) groups excluding carboxylic acids is 2. The monoisotopic (exact) mass is 1980 g/mol. The lowest BCUT2D eigenvalue weighted by Gasteiger charge is -2.16. The number of nitrogens with zero attached hydrogens (tertiary/aromatic N) is 8.